The lowest BCUT2D eigenvalue weighted by Gasteiger charge is -2.12. The van der Waals surface area contributed by atoms with Gasteiger partial charge in [0.15, 0.2) is 0 Å². The molecule has 0 spiro atoms. The van der Waals surface area contributed by atoms with E-state index in [1.807, 2.05) is 25.1 Å². The topological polar surface area (TPSA) is 21.6 Å². The molecule has 0 amide bonds. The van der Waals surface area contributed by atoms with E-state index in [1.165, 1.54) is 0 Å². The molecule has 1 heterocycles. The van der Waals surface area contributed by atoms with Gasteiger partial charge in [-0.1, -0.05) is 12.1 Å². The zero-order valence-electron chi connectivity index (χ0n) is 6.37. The van der Waals surface area contributed by atoms with Crippen molar-refractivity contribution in [2.45, 2.75) is 6.92 Å². The van der Waals surface area contributed by atoms with E-state index in [1.54, 1.807) is 6.21 Å². The van der Waals surface area contributed by atoms with Gasteiger partial charge in [0.1, 0.15) is 18.0 Å². The number of benzene rings is 1. The van der Waals surface area contributed by atoms with Crippen LogP contribution < -0.4 is 4.74 Å². The summed E-state index contributed by atoms with van der Waals surface area (Å²) in [4.78, 5) is 4.20. The number of hydrogen-bond donors (Lipinski definition) is 0. The Labute approximate surface area is 65.5 Å². The third-order valence-electron chi connectivity index (χ3n) is 1.72. The summed E-state index contributed by atoms with van der Waals surface area (Å²) in [5.74, 6) is 0.926. The molecule has 0 N–H and O–H groups in total. The van der Waals surface area contributed by atoms with Gasteiger partial charge in [-0.3, -0.25) is 4.99 Å². The summed E-state index contributed by atoms with van der Waals surface area (Å²) in [6, 6.07) is 5.97. The Balaban J connectivity index is 2.60. The number of aryl methyl sites for hydroxylation is 1. The monoisotopic (exact) mass is 147 g/mol. The molecule has 0 saturated heterocycles. The van der Waals surface area contributed by atoms with E-state index < -0.39 is 0 Å². The molecule has 1 aromatic carbocycles. The summed E-state index contributed by atoms with van der Waals surface area (Å²) >= 11 is 0. The van der Waals surface area contributed by atoms with Crippen LogP contribution in [0.1, 0.15) is 5.56 Å². The molecule has 2 heteroatoms. The minimum absolute atomic E-state index is 0.595. The van der Waals surface area contributed by atoms with Gasteiger partial charge >= 0.3 is 0 Å². The SMILES string of the molecule is Cc1cccc2c1OCC=N2. The van der Waals surface area contributed by atoms with Gasteiger partial charge in [-0.2, -0.15) is 0 Å². The molecular formula is C9H9NO. The molecule has 0 radical (unpaired) electrons. The van der Waals surface area contributed by atoms with Gasteiger partial charge in [0.2, 0.25) is 0 Å². The van der Waals surface area contributed by atoms with Gasteiger partial charge in [0.25, 0.3) is 0 Å². The van der Waals surface area contributed by atoms with E-state index in [0.29, 0.717) is 6.61 Å². The highest BCUT2D eigenvalue weighted by atomic mass is 16.5. The Morgan fingerprint density at radius 3 is 3.18 bits per heavy atom. The van der Waals surface area contributed by atoms with Crippen LogP contribution in [0.25, 0.3) is 0 Å². The number of nitrogens with zero attached hydrogens (tertiary/aromatic N) is 1. The molecule has 1 aromatic rings. The molecule has 0 aliphatic carbocycles. The first-order valence-corrected chi connectivity index (χ1v) is 3.63. The van der Waals surface area contributed by atoms with Crippen molar-refractivity contribution < 1.29 is 4.74 Å². The Morgan fingerprint density at radius 1 is 1.45 bits per heavy atom. The molecule has 0 aromatic heterocycles. The Hall–Kier alpha value is -1.31. The number of hydrogen-bond acceptors (Lipinski definition) is 2. The van der Waals surface area contributed by atoms with Crippen LogP contribution in [0.15, 0.2) is 23.2 Å². The lowest BCUT2D eigenvalue weighted by Crippen LogP contribution is -2.03. The van der Waals surface area contributed by atoms with Crippen molar-refractivity contribution in [2.75, 3.05) is 6.61 Å². The van der Waals surface area contributed by atoms with Crippen molar-refractivity contribution in [1.82, 2.24) is 0 Å². The Kier molecular flexibility index (Phi) is 1.39. The fourth-order valence-electron chi connectivity index (χ4n) is 1.18. The molecule has 56 valence electrons. The number of ether oxygens (including phenoxy) is 1. The summed E-state index contributed by atoms with van der Waals surface area (Å²) in [5.41, 5.74) is 2.09. The van der Waals surface area contributed by atoms with Gasteiger partial charge in [-0.25, -0.2) is 0 Å². The average Bonchev–Trinajstić information content (AvgIpc) is 2.06. The van der Waals surface area contributed by atoms with Crippen LogP contribution in [0.5, 0.6) is 5.75 Å². The van der Waals surface area contributed by atoms with E-state index in [9.17, 15) is 0 Å². The molecule has 1 aliphatic heterocycles. The lowest BCUT2D eigenvalue weighted by atomic mass is 10.2. The zero-order valence-corrected chi connectivity index (χ0v) is 6.37. The van der Waals surface area contributed by atoms with Crippen molar-refractivity contribution in [3.8, 4) is 5.75 Å². The maximum atomic E-state index is 5.40. The second-order valence-corrected chi connectivity index (χ2v) is 2.55. The highest BCUT2D eigenvalue weighted by Gasteiger charge is 2.07. The van der Waals surface area contributed by atoms with Gasteiger partial charge in [-0.15, -0.1) is 0 Å². The van der Waals surface area contributed by atoms with Crippen molar-refractivity contribution in [1.29, 1.82) is 0 Å². The fourth-order valence-corrected chi connectivity index (χ4v) is 1.18. The van der Waals surface area contributed by atoms with Crippen molar-refractivity contribution in [3.05, 3.63) is 23.8 Å². The average molecular weight is 147 g/mol. The van der Waals surface area contributed by atoms with Gasteiger partial charge in [0, 0.05) is 6.21 Å². The standard InChI is InChI=1S/C9H9NO/c1-7-3-2-4-8-9(7)11-6-5-10-8/h2-5H,6H2,1H3. The molecule has 2 rings (SSSR count). The number of rotatable bonds is 0. The highest BCUT2D eigenvalue weighted by Crippen LogP contribution is 2.32. The maximum Gasteiger partial charge on any atom is 0.148 e. The van der Waals surface area contributed by atoms with Gasteiger partial charge < -0.3 is 4.74 Å². The number of para-hydroxylation sites is 1. The molecule has 2 nitrogen and oxygen atoms in total. The smallest absolute Gasteiger partial charge is 0.148 e. The first-order chi connectivity index (χ1) is 5.38. The van der Waals surface area contributed by atoms with E-state index in [4.69, 9.17) is 4.74 Å². The van der Waals surface area contributed by atoms with Crippen LogP contribution in [0.4, 0.5) is 5.69 Å². The molecule has 0 fully saturated rings. The summed E-state index contributed by atoms with van der Waals surface area (Å²) in [6.45, 7) is 2.62. The summed E-state index contributed by atoms with van der Waals surface area (Å²) < 4.78 is 5.40. The predicted octanol–water partition coefficient (Wildman–Crippen LogP) is 2.09. The van der Waals surface area contributed by atoms with Gasteiger partial charge in [-0.05, 0) is 18.6 Å². The fraction of sp³-hybridized carbons (Fsp3) is 0.222. The molecule has 0 unspecified atom stereocenters. The van der Waals surface area contributed by atoms with Crippen LogP contribution in [-0.2, 0) is 0 Å². The Bertz CT molecular complexity index is 304. The lowest BCUT2D eigenvalue weighted by molar-refractivity contribution is 0.374. The molecule has 11 heavy (non-hydrogen) atoms. The van der Waals surface area contributed by atoms with E-state index in [-0.39, 0.29) is 0 Å². The summed E-state index contributed by atoms with van der Waals surface area (Å²) in [5, 5.41) is 0. The minimum Gasteiger partial charge on any atom is -0.485 e. The Morgan fingerprint density at radius 2 is 2.36 bits per heavy atom. The van der Waals surface area contributed by atoms with E-state index in [0.717, 1.165) is 17.0 Å². The van der Waals surface area contributed by atoms with Crippen LogP contribution in [0, 0.1) is 6.92 Å². The van der Waals surface area contributed by atoms with Crippen LogP contribution in [0.2, 0.25) is 0 Å². The zero-order chi connectivity index (χ0) is 7.68. The van der Waals surface area contributed by atoms with Crippen molar-refractivity contribution in [3.63, 3.8) is 0 Å². The third-order valence-corrected chi connectivity index (χ3v) is 1.72. The van der Waals surface area contributed by atoms with E-state index >= 15 is 0 Å². The first kappa shape index (κ1) is 6.40. The molecular weight excluding hydrogens is 138 g/mol. The quantitative estimate of drug-likeness (QED) is 0.550. The number of fused-ring (bicyclic) bond motifs is 1. The van der Waals surface area contributed by atoms with Crippen LogP contribution >= 0.6 is 0 Å². The molecule has 0 saturated carbocycles. The van der Waals surface area contributed by atoms with Gasteiger partial charge in [0.05, 0.1) is 0 Å². The largest absolute Gasteiger partial charge is 0.485 e. The minimum atomic E-state index is 0.595. The van der Waals surface area contributed by atoms with Crippen molar-refractivity contribution >= 4 is 11.9 Å². The normalized spacial score (nSPS) is 13.9. The third kappa shape index (κ3) is 1.00. The summed E-state index contributed by atoms with van der Waals surface area (Å²) in [6.07, 6.45) is 1.78. The number of aliphatic imine (C=N–C) groups is 1. The molecule has 0 bridgehead atoms. The van der Waals surface area contributed by atoms with Crippen molar-refractivity contribution in [2.24, 2.45) is 4.99 Å². The second kappa shape index (κ2) is 2.38. The second-order valence-electron chi connectivity index (χ2n) is 2.55. The first-order valence-electron chi connectivity index (χ1n) is 3.63. The van der Waals surface area contributed by atoms with Crippen LogP contribution in [0.3, 0.4) is 0 Å². The maximum absolute atomic E-state index is 5.40. The molecule has 0 atom stereocenters. The predicted molar refractivity (Wildman–Crippen MR) is 44.8 cm³/mol. The summed E-state index contributed by atoms with van der Waals surface area (Å²) in [7, 11) is 0. The molecule has 1 aliphatic rings. The van der Waals surface area contributed by atoms with Crippen LogP contribution in [-0.4, -0.2) is 12.8 Å². The highest BCUT2D eigenvalue weighted by molar-refractivity contribution is 5.71. The van der Waals surface area contributed by atoms with E-state index in [2.05, 4.69) is 4.99 Å².